The highest BCUT2D eigenvalue weighted by atomic mass is 32.8. The first-order valence-electron chi connectivity index (χ1n) is 7.75. The molecule has 122 valence electrons. The smallest absolute Gasteiger partial charge is 0.139 e. The lowest BCUT2D eigenvalue weighted by Gasteiger charge is -2.36. The molecule has 1 fully saturated rings. The van der Waals surface area contributed by atoms with Gasteiger partial charge in [-0.25, -0.2) is 0 Å². The van der Waals surface area contributed by atoms with Crippen molar-refractivity contribution in [1.29, 1.82) is 0 Å². The second-order valence-electron chi connectivity index (χ2n) is 6.27. The Kier molecular flexibility index (Phi) is 6.53. The number of Topliss-reactive ketones (excluding diaryl/α,β-unsaturated/α-hetero) is 1. The molecule has 0 bridgehead atoms. The van der Waals surface area contributed by atoms with Crippen molar-refractivity contribution in [3.8, 4) is 5.75 Å². The van der Waals surface area contributed by atoms with Crippen molar-refractivity contribution in [2.45, 2.75) is 45.3 Å². The molecule has 1 aliphatic rings. The van der Waals surface area contributed by atoms with Gasteiger partial charge in [0, 0.05) is 24.3 Å². The number of hydrogen-bond acceptors (Lipinski definition) is 4. The normalized spacial score (nSPS) is 22.2. The summed E-state index contributed by atoms with van der Waals surface area (Å²) in [6.07, 6.45) is 4.96. The fraction of sp³-hybridized carbons (Fsp3) is 0.588. The lowest BCUT2D eigenvalue weighted by atomic mass is 9.89. The molecule has 3 nitrogen and oxygen atoms in total. The van der Waals surface area contributed by atoms with Crippen LogP contribution in [0.4, 0.5) is 0 Å². The van der Waals surface area contributed by atoms with Crippen molar-refractivity contribution >= 4 is 26.4 Å². The van der Waals surface area contributed by atoms with Gasteiger partial charge in [0.1, 0.15) is 17.6 Å². The number of carbonyl (C=O) groups is 1. The molecule has 22 heavy (non-hydrogen) atoms. The summed E-state index contributed by atoms with van der Waals surface area (Å²) in [6, 6.07) is 8.46. The molecular weight excluding hydrogens is 314 g/mol. The lowest BCUT2D eigenvalue weighted by Crippen LogP contribution is -2.47. The van der Waals surface area contributed by atoms with Gasteiger partial charge in [-0.05, 0) is 36.8 Å². The number of rotatable bonds is 8. The SMILES string of the molecule is CC(C)C(=O)Cc1ccc(OC2CC(NCS(C)=S)C2)cc1. The maximum atomic E-state index is 11.7. The van der Waals surface area contributed by atoms with Gasteiger partial charge in [-0.15, -0.1) is 9.45 Å². The highest BCUT2D eigenvalue weighted by Crippen LogP contribution is 2.26. The van der Waals surface area contributed by atoms with Crippen molar-refractivity contribution in [3.63, 3.8) is 0 Å². The number of nitrogens with one attached hydrogen (secondary N) is 1. The number of carbonyl (C=O) groups excluding carboxylic acids is 1. The molecule has 1 aliphatic carbocycles. The lowest BCUT2D eigenvalue weighted by molar-refractivity contribution is -0.121. The van der Waals surface area contributed by atoms with Gasteiger partial charge in [0.15, 0.2) is 0 Å². The number of ether oxygens (including phenoxy) is 1. The van der Waals surface area contributed by atoms with Gasteiger partial charge in [0.2, 0.25) is 0 Å². The quantitative estimate of drug-likeness (QED) is 0.790. The number of ketones is 1. The second kappa shape index (κ2) is 8.18. The molecule has 1 N–H and O–H groups in total. The zero-order chi connectivity index (χ0) is 16.1. The van der Waals surface area contributed by atoms with Crippen LogP contribution < -0.4 is 10.1 Å². The molecule has 0 aromatic heterocycles. The predicted molar refractivity (Wildman–Crippen MR) is 96.1 cm³/mol. The van der Waals surface area contributed by atoms with E-state index in [1.54, 1.807) is 0 Å². The second-order valence-corrected chi connectivity index (χ2v) is 9.41. The molecule has 1 aromatic rings. The molecule has 0 radical (unpaired) electrons. The highest BCUT2D eigenvalue weighted by molar-refractivity contribution is 8.28. The van der Waals surface area contributed by atoms with Crippen LogP contribution in [0.5, 0.6) is 5.75 Å². The summed E-state index contributed by atoms with van der Waals surface area (Å²) < 4.78 is 5.95. The monoisotopic (exact) mass is 339 g/mol. The molecule has 1 atom stereocenters. The van der Waals surface area contributed by atoms with E-state index in [-0.39, 0.29) is 21.2 Å². The van der Waals surface area contributed by atoms with Crippen molar-refractivity contribution < 1.29 is 9.53 Å². The van der Waals surface area contributed by atoms with Gasteiger partial charge in [-0.3, -0.25) is 4.79 Å². The fourth-order valence-corrected chi connectivity index (χ4v) is 3.02. The number of hydrogen-bond donors (Lipinski definition) is 1. The van der Waals surface area contributed by atoms with Crippen LogP contribution in [0.15, 0.2) is 24.3 Å². The Morgan fingerprint density at radius 3 is 2.55 bits per heavy atom. The Bertz CT molecular complexity index is 522. The van der Waals surface area contributed by atoms with Crippen molar-refractivity contribution in [2.24, 2.45) is 5.92 Å². The van der Waals surface area contributed by atoms with Crippen LogP contribution >= 0.6 is 0 Å². The molecule has 1 aromatic carbocycles. The molecular formula is C17H25NO2S2. The van der Waals surface area contributed by atoms with E-state index in [0.717, 1.165) is 30.0 Å². The summed E-state index contributed by atoms with van der Waals surface area (Å²) in [5.74, 6) is 2.18. The average Bonchev–Trinajstić information content (AvgIpc) is 2.42. The first kappa shape index (κ1) is 17.6. The average molecular weight is 340 g/mol. The zero-order valence-electron chi connectivity index (χ0n) is 13.5. The van der Waals surface area contributed by atoms with E-state index in [9.17, 15) is 4.79 Å². The largest absolute Gasteiger partial charge is 0.490 e. The molecule has 1 saturated carbocycles. The number of benzene rings is 1. The summed E-state index contributed by atoms with van der Waals surface area (Å²) in [6.45, 7) is 3.88. The van der Waals surface area contributed by atoms with Crippen molar-refractivity contribution in [2.75, 3.05) is 12.1 Å². The summed E-state index contributed by atoms with van der Waals surface area (Å²) in [5, 5.41) is 3.47. The van der Waals surface area contributed by atoms with E-state index in [1.807, 2.05) is 38.1 Å². The molecule has 1 unspecified atom stereocenters. The third-order valence-corrected chi connectivity index (χ3v) is 4.85. The summed E-state index contributed by atoms with van der Waals surface area (Å²) in [7, 11) is 0.0396. The first-order chi connectivity index (χ1) is 10.4. The van der Waals surface area contributed by atoms with Crippen LogP contribution in [-0.2, 0) is 31.9 Å². The van der Waals surface area contributed by atoms with E-state index in [0.29, 0.717) is 18.6 Å². The van der Waals surface area contributed by atoms with Gasteiger partial charge in [-0.2, -0.15) is 0 Å². The first-order valence-corrected chi connectivity index (χ1v) is 10.5. The highest BCUT2D eigenvalue weighted by Gasteiger charge is 2.30. The topological polar surface area (TPSA) is 38.3 Å². The molecule has 2 rings (SSSR count). The summed E-state index contributed by atoms with van der Waals surface area (Å²) in [5.41, 5.74) is 1.06. The van der Waals surface area contributed by atoms with E-state index >= 15 is 0 Å². The van der Waals surface area contributed by atoms with E-state index in [2.05, 4.69) is 11.6 Å². The van der Waals surface area contributed by atoms with Crippen molar-refractivity contribution in [1.82, 2.24) is 5.32 Å². The fourth-order valence-electron chi connectivity index (χ4n) is 2.35. The van der Waals surface area contributed by atoms with Gasteiger partial charge < -0.3 is 10.1 Å². The molecule has 5 heteroatoms. The molecule has 0 spiro atoms. The third kappa shape index (κ3) is 5.45. The van der Waals surface area contributed by atoms with E-state index in [4.69, 9.17) is 15.9 Å². The molecule has 0 heterocycles. The van der Waals surface area contributed by atoms with E-state index in [1.165, 1.54) is 0 Å². The van der Waals surface area contributed by atoms with Crippen molar-refractivity contribution in [3.05, 3.63) is 29.8 Å². The summed E-state index contributed by atoms with van der Waals surface area (Å²) in [4.78, 5) is 11.7. The Balaban J connectivity index is 1.74. The minimum Gasteiger partial charge on any atom is -0.490 e. The molecule has 0 amide bonds. The van der Waals surface area contributed by atoms with Crippen LogP contribution in [0.25, 0.3) is 0 Å². The van der Waals surface area contributed by atoms with Crippen LogP contribution in [0.2, 0.25) is 0 Å². The van der Waals surface area contributed by atoms with Gasteiger partial charge >= 0.3 is 0 Å². The van der Waals surface area contributed by atoms with Crippen LogP contribution in [-0.4, -0.2) is 30.1 Å². The minimum absolute atomic E-state index is 0.0396. The Labute approximate surface area is 140 Å². The predicted octanol–water partition coefficient (Wildman–Crippen LogP) is 2.62. The maximum Gasteiger partial charge on any atom is 0.139 e. The standard InChI is InChI=1S/C17H25NO2S2/c1-12(2)17(19)8-13-4-6-15(7-5-13)20-16-9-14(10-16)18-11-22(3)21/h4-7,12,14,16,18H,8-11H2,1-3H3. The Hall–Kier alpha value is -0.780. The van der Waals surface area contributed by atoms with Gasteiger partial charge in [-0.1, -0.05) is 37.2 Å². The zero-order valence-corrected chi connectivity index (χ0v) is 15.1. The summed E-state index contributed by atoms with van der Waals surface area (Å²) >= 11 is 5.17. The van der Waals surface area contributed by atoms with Gasteiger partial charge in [0.25, 0.3) is 0 Å². The maximum absolute atomic E-state index is 11.7. The van der Waals surface area contributed by atoms with Crippen LogP contribution in [0.3, 0.4) is 0 Å². The minimum atomic E-state index is 0.0396. The molecule has 0 aliphatic heterocycles. The van der Waals surface area contributed by atoms with Gasteiger partial charge in [0.05, 0.1) is 0 Å². The van der Waals surface area contributed by atoms with Crippen LogP contribution in [0.1, 0.15) is 32.3 Å². The molecule has 0 saturated heterocycles. The third-order valence-electron chi connectivity index (χ3n) is 3.92. The Morgan fingerprint density at radius 2 is 2.00 bits per heavy atom. The Morgan fingerprint density at radius 1 is 1.36 bits per heavy atom. The van der Waals surface area contributed by atoms with Crippen LogP contribution in [0, 0.1) is 5.92 Å². The van der Waals surface area contributed by atoms with E-state index < -0.39 is 0 Å².